The van der Waals surface area contributed by atoms with Crippen LogP contribution in [0.25, 0.3) is 0 Å². The van der Waals surface area contributed by atoms with Gasteiger partial charge in [0, 0.05) is 37.1 Å². The van der Waals surface area contributed by atoms with Crippen LogP contribution in [0.15, 0.2) is 16.8 Å². The molecule has 17 heavy (non-hydrogen) atoms. The molecule has 94 valence electrons. The number of thiophene rings is 1. The van der Waals surface area contributed by atoms with Crippen LogP contribution in [-0.4, -0.2) is 36.5 Å². The predicted molar refractivity (Wildman–Crippen MR) is 74.8 cm³/mol. The maximum atomic E-state index is 11.7. The fraction of sp³-hybridized carbons (Fsp3) is 0.583. The Morgan fingerprint density at radius 2 is 2.53 bits per heavy atom. The number of rotatable bonds is 5. The summed E-state index contributed by atoms with van der Waals surface area (Å²) in [4.78, 5) is 11.7. The number of hydrogen-bond donors (Lipinski definition) is 2. The zero-order chi connectivity index (χ0) is 11.9. The number of thioether (sulfide) groups is 1. The SMILES string of the molecule is O=C(CC1CSCCN1)NCCc1ccsc1. The van der Waals surface area contributed by atoms with Gasteiger partial charge in [-0.1, -0.05) is 0 Å². The Balaban J connectivity index is 1.60. The lowest BCUT2D eigenvalue weighted by Gasteiger charge is -2.22. The molecule has 1 aromatic heterocycles. The minimum atomic E-state index is 0.167. The fourth-order valence-electron chi connectivity index (χ4n) is 1.83. The first-order chi connectivity index (χ1) is 8.34. The number of amides is 1. The van der Waals surface area contributed by atoms with Crippen LogP contribution in [0.1, 0.15) is 12.0 Å². The van der Waals surface area contributed by atoms with Crippen molar-refractivity contribution < 1.29 is 4.79 Å². The van der Waals surface area contributed by atoms with Crippen molar-refractivity contribution in [1.29, 1.82) is 0 Å². The zero-order valence-electron chi connectivity index (χ0n) is 9.78. The Labute approximate surface area is 110 Å². The molecule has 0 radical (unpaired) electrons. The van der Waals surface area contributed by atoms with E-state index < -0.39 is 0 Å². The standard InChI is InChI=1S/C12H18N2OS2/c15-12(7-11-9-17-6-4-13-11)14-3-1-10-2-5-16-8-10/h2,5,8,11,13H,1,3-4,6-7,9H2,(H,14,15). The molecule has 0 bridgehead atoms. The zero-order valence-corrected chi connectivity index (χ0v) is 11.4. The van der Waals surface area contributed by atoms with Gasteiger partial charge in [0.05, 0.1) is 0 Å². The molecule has 1 aliphatic heterocycles. The van der Waals surface area contributed by atoms with E-state index in [9.17, 15) is 4.79 Å². The molecule has 1 atom stereocenters. The van der Waals surface area contributed by atoms with Gasteiger partial charge in [0.15, 0.2) is 0 Å². The van der Waals surface area contributed by atoms with Gasteiger partial charge in [-0.25, -0.2) is 0 Å². The Kier molecular flexibility index (Phi) is 5.35. The Bertz CT molecular complexity index is 334. The molecule has 0 saturated carbocycles. The largest absolute Gasteiger partial charge is 0.356 e. The van der Waals surface area contributed by atoms with Gasteiger partial charge >= 0.3 is 0 Å². The molecular formula is C12H18N2OS2. The fourth-order valence-corrected chi connectivity index (χ4v) is 3.48. The molecule has 1 aliphatic rings. The van der Waals surface area contributed by atoms with Crippen LogP contribution in [0.4, 0.5) is 0 Å². The van der Waals surface area contributed by atoms with E-state index in [2.05, 4.69) is 27.5 Å². The second-order valence-corrected chi connectivity index (χ2v) is 6.09. The van der Waals surface area contributed by atoms with E-state index in [0.717, 1.165) is 31.0 Å². The second-order valence-electron chi connectivity index (χ2n) is 4.16. The molecule has 5 heteroatoms. The van der Waals surface area contributed by atoms with Gasteiger partial charge in [0.25, 0.3) is 0 Å². The molecule has 1 aromatic rings. The van der Waals surface area contributed by atoms with Gasteiger partial charge in [0.1, 0.15) is 0 Å². The van der Waals surface area contributed by atoms with E-state index in [1.807, 2.05) is 11.8 Å². The normalized spacial score (nSPS) is 20.1. The van der Waals surface area contributed by atoms with Crippen LogP contribution < -0.4 is 10.6 Å². The molecule has 0 spiro atoms. The molecule has 2 N–H and O–H groups in total. The van der Waals surface area contributed by atoms with Gasteiger partial charge in [-0.15, -0.1) is 0 Å². The monoisotopic (exact) mass is 270 g/mol. The van der Waals surface area contributed by atoms with Gasteiger partial charge in [0.2, 0.25) is 5.91 Å². The van der Waals surface area contributed by atoms with Crippen LogP contribution in [0, 0.1) is 0 Å². The molecule has 2 rings (SSSR count). The number of hydrogen-bond acceptors (Lipinski definition) is 4. The highest BCUT2D eigenvalue weighted by molar-refractivity contribution is 7.99. The highest BCUT2D eigenvalue weighted by Crippen LogP contribution is 2.10. The second kappa shape index (κ2) is 7.03. The van der Waals surface area contributed by atoms with E-state index in [-0.39, 0.29) is 5.91 Å². The van der Waals surface area contributed by atoms with Gasteiger partial charge < -0.3 is 10.6 Å². The molecular weight excluding hydrogens is 252 g/mol. The van der Waals surface area contributed by atoms with Gasteiger partial charge in [-0.2, -0.15) is 23.1 Å². The van der Waals surface area contributed by atoms with Crippen molar-refractivity contribution in [3.05, 3.63) is 22.4 Å². The first kappa shape index (κ1) is 12.9. The van der Waals surface area contributed by atoms with Crippen molar-refractivity contribution in [3.8, 4) is 0 Å². The van der Waals surface area contributed by atoms with E-state index in [4.69, 9.17) is 0 Å². The van der Waals surface area contributed by atoms with Gasteiger partial charge in [-0.3, -0.25) is 4.79 Å². The molecule has 1 saturated heterocycles. The molecule has 3 nitrogen and oxygen atoms in total. The van der Waals surface area contributed by atoms with Crippen molar-refractivity contribution in [3.63, 3.8) is 0 Å². The maximum Gasteiger partial charge on any atom is 0.221 e. The summed E-state index contributed by atoms with van der Waals surface area (Å²) in [5.74, 6) is 2.38. The van der Waals surface area contributed by atoms with Crippen molar-refractivity contribution in [2.24, 2.45) is 0 Å². The van der Waals surface area contributed by atoms with Crippen LogP contribution in [0.3, 0.4) is 0 Å². The quantitative estimate of drug-likeness (QED) is 0.852. The third kappa shape index (κ3) is 4.69. The summed E-state index contributed by atoms with van der Waals surface area (Å²) in [7, 11) is 0. The Morgan fingerprint density at radius 1 is 1.59 bits per heavy atom. The van der Waals surface area contributed by atoms with Crippen LogP contribution >= 0.6 is 23.1 Å². The molecule has 1 fully saturated rings. The lowest BCUT2D eigenvalue weighted by molar-refractivity contribution is -0.121. The van der Waals surface area contributed by atoms with E-state index in [1.54, 1.807) is 11.3 Å². The summed E-state index contributed by atoms with van der Waals surface area (Å²) in [5, 5.41) is 10.6. The van der Waals surface area contributed by atoms with Crippen LogP contribution in [0.2, 0.25) is 0 Å². The summed E-state index contributed by atoms with van der Waals surface area (Å²) in [6, 6.07) is 2.46. The lowest BCUT2D eigenvalue weighted by atomic mass is 10.2. The Morgan fingerprint density at radius 3 is 3.24 bits per heavy atom. The average Bonchev–Trinajstić information content (AvgIpc) is 2.83. The van der Waals surface area contributed by atoms with Crippen molar-refractivity contribution in [1.82, 2.24) is 10.6 Å². The molecule has 2 heterocycles. The summed E-state index contributed by atoms with van der Waals surface area (Å²) in [6.45, 7) is 1.77. The molecule has 1 unspecified atom stereocenters. The molecule has 1 amide bonds. The Hall–Kier alpha value is -0.520. The minimum absolute atomic E-state index is 0.167. The first-order valence-electron chi connectivity index (χ1n) is 5.93. The topological polar surface area (TPSA) is 41.1 Å². The lowest BCUT2D eigenvalue weighted by Crippen LogP contribution is -2.41. The average molecular weight is 270 g/mol. The van der Waals surface area contributed by atoms with Gasteiger partial charge in [-0.05, 0) is 28.8 Å². The first-order valence-corrected chi connectivity index (χ1v) is 8.03. The number of carbonyl (C=O) groups excluding carboxylic acids is 1. The van der Waals surface area contributed by atoms with Crippen LogP contribution in [-0.2, 0) is 11.2 Å². The van der Waals surface area contributed by atoms with Crippen molar-refractivity contribution >= 4 is 29.0 Å². The smallest absolute Gasteiger partial charge is 0.221 e. The molecule has 0 aliphatic carbocycles. The van der Waals surface area contributed by atoms with Crippen molar-refractivity contribution in [2.75, 3.05) is 24.6 Å². The summed E-state index contributed by atoms with van der Waals surface area (Å²) >= 11 is 3.63. The van der Waals surface area contributed by atoms with E-state index >= 15 is 0 Å². The minimum Gasteiger partial charge on any atom is -0.356 e. The van der Waals surface area contributed by atoms with E-state index in [0.29, 0.717) is 12.5 Å². The third-order valence-electron chi connectivity index (χ3n) is 2.75. The predicted octanol–water partition coefficient (Wildman–Crippen LogP) is 1.50. The third-order valence-corrected chi connectivity index (χ3v) is 4.61. The number of nitrogens with one attached hydrogen (secondary N) is 2. The molecule has 0 aromatic carbocycles. The maximum absolute atomic E-state index is 11.7. The summed E-state index contributed by atoms with van der Waals surface area (Å²) in [5.41, 5.74) is 1.31. The van der Waals surface area contributed by atoms with Crippen molar-refractivity contribution in [2.45, 2.75) is 18.9 Å². The highest BCUT2D eigenvalue weighted by Gasteiger charge is 2.16. The highest BCUT2D eigenvalue weighted by atomic mass is 32.2. The number of carbonyl (C=O) groups is 1. The summed E-state index contributed by atoms with van der Waals surface area (Å²) < 4.78 is 0. The van der Waals surface area contributed by atoms with Crippen LogP contribution in [0.5, 0.6) is 0 Å². The van der Waals surface area contributed by atoms with E-state index in [1.165, 1.54) is 5.56 Å². The summed E-state index contributed by atoms with van der Waals surface area (Å²) in [6.07, 6.45) is 1.54.